The molecule has 0 atom stereocenters. The molecule has 4 heteroatoms. The molecular weight excluding hydrogens is 245 g/mol. The van der Waals surface area contributed by atoms with Gasteiger partial charge < -0.3 is 5.32 Å². The molecule has 1 aliphatic rings. The lowest BCUT2D eigenvalue weighted by Crippen LogP contribution is -2.25. The zero-order valence-corrected chi connectivity index (χ0v) is 10.3. The largest absolute Gasteiger partial charge is 0.309 e. The van der Waals surface area contributed by atoms with Gasteiger partial charge in [0.05, 0.1) is 11.6 Å². The highest BCUT2D eigenvalue weighted by atomic mass is 35.5. The Morgan fingerprint density at radius 2 is 2.12 bits per heavy atom. The SMILES string of the molecule is O=C(CNCC1CC1)c1cc(Cl)ccc1Cl. The van der Waals surface area contributed by atoms with Crippen LogP contribution in [0.3, 0.4) is 0 Å². The van der Waals surface area contributed by atoms with Crippen molar-refractivity contribution in [3.63, 3.8) is 0 Å². The topological polar surface area (TPSA) is 29.1 Å². The number of ketones is 1. The number of rotatable bonds is 5. The highest BCUT2D eigenvalue weighted by Crippen LogP contribution is 2.27. The van der Waals surface area contributed by atoms with Crippen LogP contribution in [0.1, 0.15) is 23.2 Å². The van der Waals surface area contributed by atoms with Gasteiger partial charge >= 0.3 is 0 Å². The first-order valence-electron chi connectivity index (χ1n) is 5.36. The van der Waals surface area contributed by atoms with E-state index in [0.717, 1.165) is 12.5 Å². The van der Waals surface area contributed by atoms with E-state index in [1.807, 2.05) is 0 Å². The predicted molar refractivity (Wildman–Crippen MR) is 66.4 cm³/mol. The first-order valence-corrected chi connectivity index (χ1v) is 6.11. The molecule has 0 saturated heterocycles. The summed E-state index contributed by atoms with van der Waals surface area (Å²) in [4.78, 5) is 11.8. The smallest absolute Gasteiger partial charge is 0.178 e. The maximum atomic E-state index is 11.8. The van der Waals surface area contributed by atoms with E-state index in [2.05, 4.69) is 5.32 Å². The third-order valence-electron chi connectivity index (χ3n) is 2.64. The molecule has 1 fully saturated rings. The molecule has 0 aliphatic heterocycles. The third kappa shape index (κ3) is 3.21. The van der Waals surface area contributed by atoms with Gasteiger partial charge in [-0.3, -0.25) is 4.79 Å². The van der Waals surface area contributed by atoms with Gasteiger partial charge in [-0.15, -0.1) is 0 Å². The number of benzene rings is 1. The van der Waals surface area contributed by atoms with Crippen molar-refractivity contribution in [2.75, 3.05) is 13.1 Å². The van der Waals surface area contributed by atoms with Crippen LogP contribution in [0.2, 0.25) is 10.0 Å². The molecule has 0 amide bonds. The van der Waals surface area contributed by atoms with E-state index in [4.69, 9.17) is 23.2 Å². The van der Waals surface area contributed by atoms with Crippen LogP contribution >= 0.6 is 23.2 Å². The summed E-state index contributed by atoms with van der Waals surface area (Å²) in [5, 5.41) is 4.14. The average Bonchev–Trinajstić information content (AvgIpc) is 3.05. The second-order valence-corrected chi connectivity index (χ2v) is 4.97. The summed E-state index contributed by atoms with van der Waals surface area (Å²) >= 11 is 11.8. The molecule has 0 heterocycles. The quantitative estimate of drug-likeness (QED) is 0.822. The Morgan fingerprint density at radius 3 is 2.81 bits per heavy atom. The van der Waals surface area contributed by atoms with Gasteiger partial charge in [0.15, 0.2) is 5.78 Å². The van der Waals surface area contributed by atoms with Crippen molar-refractivity contribution in [1.82, 2.24) is 5.32 Å². The van der Waals surface area contributed by atoms with E-state index in [0.29, 0.717) is 22.2 Å². The van der Waals surface area contributed by atoms with E-state index < -0.39 is 0 Å². The molecule has 1 saturated carbocycles. The molecule has 2 rings (SSSR count). The van der Waals surface area contributed by atoms with Crippen LogP contribution in [0.15, 0.2) is 18.2 Å². The lowest BCUT2D eigenvalue weighted by molar-refractivity contribution is 0.0991. The summed E-state index contributed by atoms with van der Waals surface area (Å²) in [6, 6.07) is 4.95. The number of carbonyl (C=O) groups is 1. The average molecular weight is 258 g/mol. The third-order valence-corrected chi connectivity index (χ3v) is 3.21. The van der Waals surface area contributed by atoms with E-state index in [9.17, 15) is 4.79 Å². The molecule has 0 unspecified atom stereocenters. The fourth-order valence-corrected chi connectivity index (χ4v) is 1.91. The van der Waals surface area contributed by atoms with Crippen LogP contribution in [-0.4, -0.2) is 18.9 Å². The van der Waals surface area contributed by atoms with Gasteiger partial charge in [0.25, 0.3) is 0 Å². The number of hydrogen-bond donors (Lipinski definition) is 1. The minimum Gasteiger partial charge on any atom is -0.309 e. The van der Waals surface area contributed by atoms with Crippen LogP contribution in [0.25, 0.3) is 0 Å². The number of halogens is 2. The van der Waals surface area contributed by atoms with Crippen LogP contribution in [0.4, 0.5) is 0 Å². The molecular formula is C12H13Cl2NO. The maximum Gasteiger partial charge on any atom is 0.178 e. The van der Waals surface area contributed by atoms with Crippen molar-refractivity contribution in [2.24, 2.45) is 5.92 Å². The van der Waals surface area contributed by atoms with Gasteiger partial charge in [0, 0.05) is 10.6 Å². The lowest BCUT2D eigenvalue weighted by atomic mass is 10.1. The van der Waals surface area contributed by atoms with Crippen molar-refractivity contribution in [2.45, 2.75) is 12.8 Å². The van der Waals surface area contributed by atoms with Crippen molar-refractivity contribution < 1.29 is 4.79 Å². The first kappa shape index (κ1) is 11.9. The van der Waals surface area contributed by atoms with Gasteiger partial charge in [-0.05, 0) is 43.5 Å². The predicted octanol–water partition coefficient (Wildman–Crippen LogP) is 3.18. The minimum atomic E-state index is -0.00634. The van der Waals surface area contributed by atoms with Gasteiger partial charge in [-0.25, -0.2) is 0 Å². The molecule has 1 aromatic carbocycles. The molecule has 0 aromatic heterocycles. The number of nitrogens with one attached hydrogen (secondary N) is 1. The van der Waals surface area contributed by atoms with Crippen LogP contribution in [-0.2, 0) is 0 Å². The van der Waals surface area contributed by atoms with Crippen molar-refractivity contribution in [1.29, 1.82) is 0 Å². The molecule has 0 radical (unpaired) electrons. The number of hydrogen-bond acceptors (Lipinski definition) is 2. The van der Waals surface area contributed by atoms with Gasteiger partial charge in [-0.1, -0.05) is 23.2 Å². The highest BCUT2D eigenvalue weighted by Gasteiger charge is 2.21. The van der Waals surface area contributed by atoms with E-state index in [1.165, 1.54) is 12.8 Å². The Hall–Kier alpha value is -0.570. The molecule has 2 nitrogen and oxygen atoms in total. The molecule has 0 spiro atoms. The van der Waals surface area contributed by atoms with E-state index >= 15 is 0 Å². The zero-order valence-electron chi connectivity index (χ0n) is 8.80. The summed E-state index contributed by atoms with van der Waals surface area (Å²) in [6.07, 6.45) is 2.55. The van der Waals surface area contributed by atoms with E-state index in [-0.39, 0.29) is 5.78 Å². The summed E-state index contributed by atoms with van der Waals surface area (Å²) in [5.41, 5.74) is 0.498. The summed E-state index contributed by atoms with van der Waals surface area (Å²) in [7, 11) is 0. The van der Waals surface area contributed by atoms with Crippen molar-refractivity contribution in [3.05, 3.63) is 33.8 Å². The second kappa shape index (κ2) is 5.17. The monoisotopic (exact) mass is 257 g/mol. The normalized spacial score (nSPS) is 15.1. The van der Waals surface area contributed by atoms with Crippen LogP contribution in [0, 0.1) is 5.92 Å². The molecule has 1 aromatic rings. The molecule has 1 N–H and O–H groups in total. The van der Waals surface area contributed by atoms with E-state index in [1.54, 1.807) is 18.2 Å². The summed E-state index contributed by atoms with van der Waals surface area (Å²) in [6.45, 7) is 1.25. The summed E-state index contributed by atoms with van der Waals surface area (Å²) in [5.74, 6) is 0.760. The molecule has 16 heavy (non-hydrogen) atoms. The minimum absolute atomic E-state index is 0.00634. The maximum absolute atomic E-state index is 11.8. The Bertz CT molecular complexity index is 402. The Balaban J connectivity index is 1.93. The summed E-state index contributed by atoms with van der Waals surface area (Å²) < 4.78 is 0. The number of Topliss-reactive ketones (excluding diaryl/α,β-unsaturated/α-hetero) is 1. The standard InChI is InChI=1S/C12H13Cl2NO/c13-9-3-4-11(14)10(5-9)12(16)7-15-6-8-1-2-8/h3-5,8,15H,1-2,6-7H2. The van der Waals surface area contributed by atoms with Crippen LogP contribution in [0.5, 0.6) is 0 Å². The van der Waals surface area contributed by atoms with Gasteiger partial charge in [0.2, 0.25) is 0 Å². The molecule has 0 bridgehead atoms. The fraction of sp³-hybridized carbons (Fsp3) is 0.417. The van der Waals surface area contributed by atoms with Gasteiger partial charge in [0.1, 0.15) is 0 Å². The number of carbonyl (C=O) groups excluding carboxylic acids is 1. The van der Waals surface area contributed by atoms with Crippen molar-refractivity contribution in [3.8, 4) is 0 Å². The zero-order chi connectivity index (χ0) is 11.5. The van der Waals surface area contributed by atoms with Gasteiger partial charge in [-0.2, -0.15) is 0 Å². The fourth-order valence-electron chi connectivity index (χ4n) is 1.52. The van der Waals surface area contributed by atoms with Crippen molar-refractivity contribution >= 4 is 29.0 Å². The molecule has 1 aliphatic carbocycles. The Kier molecular flexibility index (Phi) is 3.85. The molecule has 86 valence electrons. The van der Waals surface area contributed by atoms with Crippen LogP contribution < -0.4 is 5.32 Å². The lowest BCUT2D eigenvalue weighted by Gasteiger charge is -2.05. The second-order valence-electron chi connectivity index (χ2n) is 4.12. The highest BCUT2D eigenvalue weighted by molar-refractivity contribution is 6.36. The Morgan fingerprint density at radius 1 is 1.38 bits per heavy atom. The Labute approximate surface area is 105 Å². The first-order chi connectivity index (χ1) is 7.66.